The number of aromatic hydroxyl groups is 2. The van der Waals surface area contributed by atoms with Crippen LogP contribution in [-0.2, 0) is 0 Å². The van der Waals surface area contributed by atoms with Gasteiger partial charge in [-0.2, -0.15) is 0 Å². The molecule has 0 radical (unpaired) electrons. The molecule has 3 heteroatoms. The van der Waals surface area contributed by atoms with Crippen LogP contribution in [0.15, 0.2) is 23.8 Å². The van der Waals surface area contributed by atoms with Crippen molar-refractivity contribution in [3.63, 3.8) is 0 Å². The molecule has 0 saturated carbocycles. The van der Waals surface area contributed by atoms with Crippen LogP contribution < -0.4 is 0 Å². The fraction of sp³-hybridized carbons (Fsp3) is 0.273. The molecule has 76 valence electrons. The monoisotopic (exact) mass is 194 g/mol. The Balaban J connectivity index is 2.97. The molecule has 1 aromatic rings. The van der Waals surface area contributed by atoms with Gasteiger partial charge in [-0.1, -0.05) is 19.1 Å². The number of hydrogen-bond acceptors (Lipinski definition) is 3. The van der Waals surface area contributed by atoms with Crippen molar-refractivity contribution in [2.75, 3.05) is 6.61 Å². The largest absolute Gasteiger partial charge is 0.504 e. The number of aliphatic hydroxyl groups is 1. The summed E-state index contributed by atoms with van der Waals surface area (Å²) in [6.07, 6.45) is 2.55. The van der Waals surface area contributed by atoms with Gasteiger partial charge in [0.05, 0.1) is 6.61 Å². The molecule has 1 rings (SSSR count). The predicted octanol–water partition coefficient (Wildman–Crippen LogP) is 1.88. The number of phenols is 2. The Kier molecular flexibility index (Phi) is 3.54. The van der Waals surface area contributed by atoms with Gasteiger partial charge in [-0.05, 0) is 29.7 Å². The van der Waals surface area contributed by atoms with E-state index in [9.17, 15) is 5.11 Å². The molecule has 0 atom stereocenters. The lowest BCUT2D eigenvalue weighted by Crippen LogP contribution is -1.87. The molecule has 3 N–H and O–H groups in total. The van der Waals surface area contributed by atoms with E-state index in [1.807, 2.05) is 6.92 Å². The molecular weight excluding hydrogens is 180 g/mol. The van der Waals surface area contributed by atoms with Crippen molar-refractivity contribution < 1.29 is 15.3 Å². The zero-order chi connectivity index (χ0) is 10.6. The Morgan fingerprint density at radius 1 is 1.29 bits per heavy atom. The highest BCUT2D eigenvalue weighted by atomic mass is 16.3. The molecule has 0 spiro atoms. The molecule has 0 bridgehead atoms. The molecule has 0 aliphatic heterocycles. The van der Waals surface area contributed by atoms with Gasteiger partial charge in [0.1, 0.15) is 0 Å². The normalized spacial score (nSPS) is 11.7. The molecule has 0 aliphatic carbocycles. The fourth-order valence-corrected chi connectivity index (χ4v) is 1.13. The van der Waals surface area contributed by atoms with Crippen LogP contribution in [0.4, 0.5) is 0 Å². The molecule has 0 aromatic heterocycles. The quantitative estimate of drug-likeness (QED) is 0.644. The molecule has 14 heavy (non-hydrogen) atoms. The minimum Gasteiger partial charge on any atom is -0.504 e. The molecule has 0 saturated heterocycles. The second kappa shape index (κ2) is 4.67. The molecule has 1 aromatic carbocycles. The standard InChI is InChI=1S/C11H14O3/c1-2-8(7-12)5-9-3-4-10(13)11(14)6-9/h3-6,12-14H,2,7H2,1H3. The minimum absolute atomic E-state index is 0.0120. The lowest BCUT2D eigenvalue weighted by molar-refractivity contribution is 0.329. The van der Waals surface area contributed by atoms with E-state index in [2.05, 4.69) is 0 Å². The fourth-order valence-electron chi connectivity index (χ4n) is 1.13. The summed E-state index contributed by atoms with van der Waals surface area (Å²) in [6.45, 7) is 1.96. The first-order chi connectivity index (χ1) is 6.67. The Bertz CT molecular complexity index is 336. The Labute approximate surface area is 82.9 Å². The summed E-state index contributed by atoms with van der Waals surface area (Å²) in [5, 5.41) is 27.2. The number of rotatable bonds is 3. The third-order valence-corrected chi connectivity index (χ3v) is 2.03. The van der Waals surface area contributed by atoms with Gasteiger partial charge in [0, 0.05) is 0 Å². The molecule has 0 fully saturated rings. The predicted molar refractivity (Wildman–Crippen MR) is 55.1 cm³/mol. The van der Waals surface area contributed by atoms with E-state index in [1.165, 1.54) is 12.1 Å². The Hall–Kier alpha value is -1.48. The number of aliphatic hydroxyl groups excluding tert-OH is 1. The van der Waals surface area contributed by atoms with Gasteiger partial charge in [-0.25, -0.2) is 0 Å². The van der Waals surface area contributed by atoms with Gasteiger partial charge in [-0.3, -0.25) is 0 Å². The first-order valence-electron chi connectivity index (χ1n) is 4.49. The Morgan fingerprint density at radius 2 is 2.00 bits per heavy atom. The summed E-state index contributed by atoms with van der Waals surface area (Å²) in [4.78, 5) is 0. The third-order valence-electron chi connectivity index (χ3n) is 2.03. The van der Waals surface area contributed by atoms with Gasteiger partial charge in [0.15, 0.2) is 11.5 Å². The maximum absolute atomic E-state index is 9.22. The summed E-state index contributed by atoms with van der Waals surface area (Å²) in [5.74, 6) is -0.281. The average Bonchev–Trinajstić information content (AvgIpc) is 2.19. The van der Waals surface area contributed by atoms with Gasteiger partial charge in [-0.15, -0.1) is 0 Å². The van der Waals surface area contributed by atoms with E-state index in [0.717, 1.165) is 17.6 Å². The van der Waals surface area contributed by atoms with E-state index >= 15 is 0 Å². The molecule has 0 amide bonds. The molecule has 0 heterocycles. The summed E-state index contributed by atoms with van der Waals surface area (Å²) >= 11 is 0. The van der Waals surface area contributed by atoms with E-state index in [-0.39, 0.29) is 18.1 Å². The highest BCUT2D eigenvalue weighted by Crippen LogP contribution is 2.26. The van der Waals surface area contributed by atoms with Crippen molar-refractivity contribution in [1.29, 1.82) is 0 Å². The average molecular weight is 194 g/mol. The van der Waals surface area contributed by atoms with Crippen molar-refractivity contribution in [3.05, 3.63) is 29.3 Å². The van der Waals surface area contributed by atoms with Crippen molar-refractivity contribution in [1.82, 2.24) is 0 Å². The first kappa shape index (κ1) is 10.6. The van der Waals surface area contributed by atoms with Crippen molar-refractivity contribution in [2.45, 2.75) is 13.3 Å². The highest BCUT2D eigenvalue weighted by molar-refractivity contribution is 5.57. The topological polar surface area (TPSA) is 60.7 Å². The zero-order valence-electron chi connectivity index (χ0n) is 8.07. The summed E-state index contributed by atoms with van der Waals surface area (Å²) in [6, 6.07) is 4.56. The van der Waals surface area contributed by atoms with Gasteiger partial charge in [0.25, 0.3) is 0 Å². The first-order valence-corrected chi connectivity index (χ1v) is 4.49. The van der Waals surface area contributed by atoms with Crippen molar-refractivity contribution in [2.24, 2.45) is 0 Å². The van der Waals surface area contributed by atoms with Crippen LogP contribution in [0.5, 0.6) is 11.5 Å². The maximum Gasteiger partial charge on any atom is 0.157 e. The van der Waals surface area contributed by atoms with E-state index < -0.39 is 0 Å². The van der Waals surface area contributed by atoms with Crippen LogP contribution in [0, 0.1) is 0 Å². The molecule has 0 unspecified atom stereocenters. The lowest BCUT2D eigenvalue weighted by atomic mass is 10.1. The summed E-state index contributed by atoms with van der Waals surface area (Å²) in [7, 11) is 0. The van der Waals surface area contributed by atoms with E-state index in [0.29, 0.717) is 0 Å². The van der Waals surface area contributed by atoms with Crippen LogP contribution in [-0.4, -0.2) is 21.9 Å². The van der Waals surface area contributed by atoms with Crippen LogP contribution in [0.2, 0.25) is 0 Å². The Morgan fingerprint density at radius 3 is 2.50 bits per heavy atom. The number of benzene rings is 1. The van der Waals surface area contributed by atoms with Gasteiger partial charge < -0.3 is 15.3 Å². The molecule has 3 nitrogen and oxygen atoms in total. The van der Waals surface area contributed by atoms with Crippen LogP contribution >= 0.6 is 0 Å². The third kappa shape index (κ3) is 2.50. The number of phenolic OH excluding ortho intramolecular Hbond substituents is 2. The second-order valence-electron chi connectivity index (χ2n) is 3.06. The van der Waals surface area contributed by atoms with Crippen LogP contribution in [0.25, 0.3) is 6.08 Å². The maximum atomic E-state index is 9.22. The summed E-state index contributed by atoms with van der Waals surface area (Å²) < 4.78 is 0. The van der Waals surface area contributed by atoms with Crippen LogP contribution in [0.1, 0.15) is 18.9 Å². The SMILES string of the molecule is CCC(=Cc1ccc(O)c(O)c1)CO. The smallest absolute Gasteiger partial charge is 0.157 e. The van der Waals surface area contributed by atoms with E-state index in [1.54, 1.807) is 12.1 Å². The highest BCUT2D eigenvalue weighted by Gasteiger charge is 1.99. The van der Waals surface area contributed by atoms with Crippen molar-refractivity contribution >= 4 is 6.08 Å². The second-order valence-corrected chi connectivity index (χ2v) is 3.06. The van der Waals surface area contributed by atoms with Gasteiger partial charge in [0.2, 0.25) is 0 Å². The minimum atomic E-state index is -0.146. The number of hydrogen-bond donors (Lipinski definition) is 3. The van der Waals surface area contributed by atoms with Crippen molar-refractivity contribution in [3.8, 4) is 11.5 Å². The lowest BCUT2D eigenvalue weighted by Gasteiger charge is -2.02. The summed E-state index contributed by atoms with van der Waals surface area (Å²) in [5.41, 5.74) is 1.65. The van der Waals surface area contributed by atoms with E-state index in [4.69, 9.17) is 10.2 Å². The molecular formula is C11H14O3. The van der Waals surface area contributed by atoms with Crippen LogP contribution in [0.3, 0.4) is 0 Å². The molecule has 0 aliphatic rings. The van der Waals surface area contributed by atoms with Gasteiger partial charge >= 0.3 is 0 Å². The zero-order valence-corrected chi connectivity index (χ0v) is 8.07.